The fourth-order valence-electron chi connectivity index (χ4n) is 0.328. The second-order valence-corrected chi connectivity index (χ2v) is 1.50. The molecule has 0 unspecified atom stereocenters. The summed E-state index contributed by atoms with van der Waals surface area (Å²) in [5.41, 5.74) is 0. The average molecular weight is 273 g/mol. The van der Waals surface area contributed by atoms with E-state index in [9.17, 15) is 4.79 Å². The predicted molar refractivity (Wildman–Crippen MR) is 28.3 cm³/mol. The van der Waals surface area contributed by atoms with E-state index in [1.807, 2.05) is 6.92 Å². The molecule has 0 aromatic heterocycles. The molecule has 0 aliphatic heterocycles. The molecule has 0 atom stereocenters. The number of carbonyl (C=O) groups is 1. The van der Waals surface area contributed by atoms with E-state index in [2.05, 4.69) is 0 Å². The quantitative estimate of drug-likeness (QED) is 0.849. The van der Waals surface area contributed by atoms with Gasteiger partial charge in [-0.05, 0) is 6.42 Å². The van der Waals surface area contributed by atoms with Crippen LogP contribution in [-0.2, 0) is 4.79 Å². The Labute approximate surface area is 94.9 Å². The fourth-order valence-corrected chi connectivity index (χ4v) is 0.328. The van der Waals surface area contributed by atoms with Gasteiger partial charge in [0.25, 0.3) is 0 Å². The third-order valence-electron chi connectivity index (χ3n) is 0.744. The molecule has 1 N–H and O–H groups in total. The van der Waals surface area contributed by atoms with Gasteiger partial charge in [-0.1, -0.05) is 13.3 Å². The van der Waals surface area contributed by atoms with Crippen molar-refractivity contribution in [1.29, 1.82) is 0 Å². The monoisotopic (exact) mass is 274 g/mol. The summed E-state index contributed by atoms with van der Waals surface area (Å²) in [6.45, 7) is 1.98. The molecular weight excluding hydrogens is 263 g/mol. The van der Waals surface area contributed by atoms with Crippen LogP contribution >= 0.6 is 0 Å². The van der Waals surface area contributed by atoms with Crippen molar-refractivity contribution < 1.29 is 64.0 Å². The van der Waals surface area contributed by atoms with Gasteiger partial charge in [0.05, 0.1) is 0 Å². The van der Waals surface area contributed by atoms with Crippen LogP contribution in [-0.4, -0.2) is 11.1 Å². The maximum Gasteiger partial charge on any atom is 0.303 e. The van der Waals surface area contributed by atoms with Gasteiger partial charge in [0.1, 0.15) is 0 Å². The van der Waals surface area contributed by atoms with E-state index < -0.39 is 5.97 Å². The van der Waals surface area contributed by atoms with E-state index in [1.165, 1.54) is 0 Å². The average Bonchev–Trinajstić information content (AvgIpc) is 1.61. The van der Waals surface area contributed by atoms with Crippen LogP contribution in [0.15, 0.2) is 0 Å². The Morgan fingerprint density at radius 3 is 2.11 bits per heavy atom. The predicted octanol–water partition coefficient (Wildman–Crippen LogP) is 1.68. The van der Waals surface area contributed by atoms with Gasteiger partial charge in [0.2, 0.25) is 0 Å². The zero-order chi connectivity index (χ0) is 5.70. The van der Waals surface area contributed by atoms with E-state index in [-0.39, 0.29) is 54.1 Å². The first kappa shape index (κ1) is 16.5. The van der Waals surface area contributed by atoms with Gasteiger partial charge in [-0.25, -0.2) is 0 Å². The molecule has 0 rings (SSSR count). The minimum absolute atomic E-state index is 0. The van der Waals surface area contributed by atoms with Crippen LogP contribution in [0, 0.1) is 49.4 Å². The van der Waals surface area contributed by atoms with Crippen molar-refractivity contribution in [2.45, 2.75) is 26.2 Å². The maximum atomic E-state index is 9.76. The van der Waals surface area contributed by atoms with Crippen molar-refractivity contribution in [3.05, 3.63) is 0 Å². The van der Waals surface area contributed by atoms with E-state index in [1.54, 1.807) is 0 Å². The molecule has 0 aliphatic carbocycles. The maximum absolute atomic E-state index is 9.76. The van der Waals surface area contributed by atoms with Gasteiger partial charge < -0.3 is 5.11 Å². The van der Waals surface area contributed by atoms with Crippen LogP contribution < -0.4 is 0 Å². The van der Waals surface area contributed by atoms with E-state index in [0.717, 1.165) is 12.8 Å². The summed E-state index contributed by atoms with van der Waals surface area (Å²) >= 11 is 0. The molecule has 0 aromatic rings. The van der Waals surface area contributed by atoms with Crippen LogP contribution in [0.3, 0.4) is 0 Å². The first-order chi connectivity index (χ1) is 3.27. The first-order valence-electron chi connectivity index (χ1n) is 2.49. The zero-order valence-electron chi connectivity index (χ0n) is 5.23. The summed E-state index contributed by atoms with van der Waals surface area (Å²) in [5.74, 6) is -0.693. The minimum atomic E-state index is -0.693. The number of carboxylic acids is 1. The topological polar surface area (TPSA) is 37.3 Å². The number of rotatable bonds is 3. The molecule has 0 amide bonds. The molecule has 0 spiro atoms. The standard InChI is InChI=1S/C5H10O2.Eu.F/c1-2-3-4-5(6)7;;/h2-4H2,1H3,(H,6,7);;. The van der Waals surface area contributed by atoms with Crippen molar-refractivity contribution >= 4 is 5.97 Å². The Morgan fingerprint density at radius 2 is 2.00 bits per heavy atom. The molecule has 0 fully saturated rings. The molecule has 0 saturated carbocycles. The molecule has 2 nitrogen and oxygen atoms in total. The normalized spacial score (nSPS) is 6.78. The third kappa shape index (κ3) is 17.6. The molecule has 0 saturated heterocycles. The molecular formula is C5H10EuFO2. The van der Waals surface area contributed by atoms with Crippen molar-refractivity contribution in [3.63, 3.8) is 0 Å². The summed E-state index contributed by atoms with van der Waals surface area (Å²) in [6, 6.07) is 0. The number of carboxylic acid groups (broad SMARTS) is 1. The minimum Gasteiger partial charge on any atom is -0.481 e. The Kier molecular flexibility index (Phi) is 21.6. The molecule has 4 heteroatoms. The number of hydrogen-bond acceptors (Lipinski definition) is 1. The molecule has 9 heavy (non-hydrogen) atoms. The number of unbranched alkanes of at least 4 members (excludes halogenated alkanes) is 1. The number of halogens is 1. The van der Waals surface area contributed by atoms with Crippen LogP contribution in [0.2, 0.25) is 0 Å². The summed E-state index contributed by atoms with van der Waals surface area (Å²) in [6.07, 6.45) is 2.08. The van der Waals surface area contributed by atoms with Crippen molar-refractivity contribution in [3.8, 4) is 0 Å². The largest absolute Gasteiger partial charge is 0.481 e. The summed E-state index contributed by atoms with van der Waals surface area (Å²) in [4.78, 5) is 9.76. The first-order valence-corrected chi connectivity index (χ1v) is 2.49. The van der Waals surface area contributed by atoms with Crippen LogP contribution in [0.1, 0.15) is 26.2 Å². The molecule has 0 heterocycles. The SMILES string of the molecule is CCCCC(=O)O.[Eu].[F]. The van der Waals surface area contributed by atoms with Gasteiger partial charge >= 0.3 is 5.97 Å². The third-order valence-corrected chi connectivity index (χ3v) is 0.744. The van der Waals surface area contributed by atoms with Crippen LogP contribution in [0.4, 0.5) is 4.70 Å². The summed E-state index contributed by atoms with van der Waals surface area (Å²) in [5, 5.41) is 8.04. The molecule has 0 bridgehead atoms. The Balaban J connectivity index is -0.000000180. The van der Waals surface area contributed by atoms with E-state index in [0.29, 0.717) is 6.42 Å². The van der Waals surface area contributed by atoms with Gasteiger partial charge in [0.15, 0.2) is 0 Å². The van der Waals surface area contributed by atoms with Crippen LogP contribution in [0.5, 0.6) is 0 Å². The molecule has 0 aromatic carbocycles. The Hall–Kier alpha value is 0.984. The second-order valence-electron chi connectivity index (χ2n) is 1.50. The van der Waals surface area contributed by atoms with Crippen molar-refractivity contribution in [2.24, 2.45) is 0 Å². The fraction of sp³-hybridized carbons (Fsp3) is 0.800. The summed E-state index contributed by atoms with van der Waals surface area (Å²) < 4.78 is 0. The molecule has 0 aliphatic rings. The van der Waals surface area contributed by atoms with Gasteiger partial charge in [-0.3, -0.25) is 4.79 Å². The second kappa shape index (κ2) is 11.7. The zero-order valence-corrected chi connectivity index (χ0v) is 7.66. The Morgan fingerprint density at radius 1 is 1.56 bits per heavy atom. The van der Waals surface area contributed by atoms with E-state index >= 15 is 0 Å². The molecule has 56 valence electrons. The Bertz CT molecular complexity index is 68.0. The van der Waals surface area contributed by atoms with Crippen molar-refractivity contribution in [2.75, 3.05) is 0 Å². The van der Waals surface area contributed by atoms with Gasteiger partial charge in [-0.2, -0.15) is 0 Å². The number of hydrogen-bond donors (Lipinski definition) is 1. The van der Waals surface area contributed by atoms with Gasteiger partial charge in [-0.15, -0.1) is 0 Å². The number of aliphatic carboxylic acids is 1. The van der Waals surface area contributed by atoms with Gasteiger partial charge in [0, 0.05) is 60.5 Å². The van der Waals surface area contributed by atoms with E-state index in [4.69, 9.17) is 5.11 Å². The summed E-state index contributed by atoms with van der Waals surface area (Å²) in [7, 11) is 0. The van der Waals surface area contributed by atoms with Crippen molar-refractivity contribution in [1.82, 2.24) is 0 Å². The smallest absolute Gasteiger partial charge is 0.303 e. The molecule has 2 radical (unpaired) electrons. The van der Waals surface area contributed by atoms with Crippen LogP contribution in [0.25, 0.3) is 0 Å².